The van der Waals surface area contributed by atoms with Gasteiger partial charge >= 0.3 is 5.97 Å². The van der Waals surface area contributed by atoms with Crippen LogP contribution in [0.2, 0.25) is 0 Å². The third-order valence-electron chi connectivity index (χ3n) is 4.54. The number of anilines is 1. The lowest BCUT2D eigenvalue weighted by Gasteiger charge is -2.09. The molecule has 0 heterocycles. The summed E-state index contributed by atoms with van der Waals surface area (Å²) in [4.78, 5) is 35.6. The second kappa shape index (κ2) is 10.7. The largest absolute Gasteiger partial charge is 0.427 e. The Bertz CT molecular complexity index is 1050. The van der Waals surface area contributed by atoms with Gasteiger partial charge in [-0.1, -0.05) is 48.5 Å². The smallest absolute Gasteiger partial charge is 0.308 e. The van der Waals surface area contributed by atoms with E-state index in [2.05, 4.69) is 10.6 Å². The molecule has 6 heteroatoms. The van der Waals surface area contributed by atoms with E-state index in [-0.39, 0.29) is 11.8 Å². The van der Waals surface area contributed by atoms with Crippen LogP contribution in [-0.4, -0.2) is 17.8 Å². The van der Waals surface area contributed by atoms with Gasteiger partial charge in [-0.05, 0) is 47.9 Å². The maximum Gasteiger partial charge on any atom is 0.308 e. The van der Waals surface area contributed by atoms with Crippen molar-refractivity contribution in [2.24, 2.45) is 0 Å². The first-order valence-corrected chi connectivity index (χ1v) is 9.99. The summed E-state index contributed by atoms with van der Waals surface area (Å²) in [6, 6.07) is 23.6. The summed E-state index contributed by atoms with van der Waals surface area (Å²) >= 11 is 0. The Balaban J connectivity index is 1.48. The summed E-state index contributed by atoms with van der Waals surface area (Å²) in [5, 5.41) is 5.71. The SMILES string of the molecule is CC(=O)Oc1cccc(C(=O)Nc2ccc(CNC(=O)CCc3ccccc3)cc2)c1. The lowest BCUT2D eigenvalue weighted by atomic mass is 10.1. The normalized spacial score (nSPS) is 10.2. The van der Waals surface area contributed by atoms with Crippen LogP contribution < -0.4 is 15.4 Å². The zero-order valence-corrected chi connectivity index (χ0v) is 17.3. The van der Waals surface area contributed by atoms with Crippen molar-refractivity contribution in [3.05, 3.63) is 95.6 Å². The van der Waals surface area contributed by atoms with Crippen molar-refractivity contribution in [1.29, 1.82) is 0 Å². The Kier molecular flexibility index (Phi) is 7.54. The molecule has 0 aliphatic rings. The molecule has 0 unspecified atom stereocenters. The average molecular weight is 416 g/mol. The molecule has 0 aromatic heterocycles. The highest BCUT2D eigenvalue weighted by molar-refractivity contribution is 6.04. The minimum Gasteiger partial charge on any atom is -0.427 e. The maximum absolute atomic E-state index is 12.4. The molecular weight excluding hydrogens is 392 g/mol. The fourth-order valence-corrected chi connectivity index (χ4v) is 2.97. The van der Waals surface area contributed by atoms with Crippen LogP contribution >= 0.6 is 0 Å². The van der Waals surface area contributed by atoms with Gasteiger partial charge in [0.25, 0.3) is 5.91 Å². The molecule has 3 aromatic carbocycles. The third-order valence-corrected chi connectivity index (χ3v) is 4.54. The summed E-state index contributed by atoms with van der Waals surface area (Å²) in [5.74, 6) is -0.441. The standard InChI is InChI=1S/C25H24N2O4/c1-18(28)31-23-9-5-8-21(16-23)25(30)27-22-13-10-20(11-14-22)17-26-24(29)15-12-19-6-3-2-4-7-19/h2-11,13-14,16H,12,15,17H2,1H3,(H,26,29)(H,27,30). The van der Waals surface area contributed by atoms with Gasteiger partial charge < -0.3 is 15.4 Å². The molecule has 0 bridgehead atoms. The molecular formula is C25H24N2O4. The van der Waals surface area contributed by atoms with Crippen molar-refractivity contribution >= 4 is 23.5 Å². The molecule has 0 saturated heterocycles. The van der Waals surface area contributed by atoms with E-state index in [1.807, 2.05) is 42.5 Å². The topological polar surface area (TPSA) is 84.5 Å². The first-order chi connectivity index (χ1) is 15.0. The summed E-state index contributed by atoms with van der Waals surface area (Å²) in [6.45, 7) is 1.73. The number of rotatable bonds is 8. The van der Waals surface area contributed by atoms with Gasteiger partial charge in [-0.15, -0.1) is 0 Å². The minimum absolute atomic E-state index is 0.00565. The molecule has 0 aliphatic heterocycles. The number of ether oxygens (including phenoxy) is 1. The van der Waals surface area contributed by atoms with Crippen LogP contribution in [0.1, 0.15) is 34.8 Å². The lowest BCUT2D eigenvalue weighted by Crippen LogP contribution is -2.23. The minimum atomic E-state index is -0.444. The van der Waals surface area contributed by atoms with Crippen LogP contribution in [0.3, 0.4) is 0 Å². The zero-order valence-electron chi connectivity index (χ0n) is 17.3. The summed E-state index contributed by atoms with van der Waals surface area (Å²) < 4.78 is 5.01. The van der Waals surface area contributed by atoms with Crippen LogP contribution in [0.25, 0.3) is 0 Å². The molecule has 0 aliphatic carbocycles. The quantitative estimate of drug-likeness (QED) is 0.427. The number of carbonyl (C=O) groups is 3. The number of hydrogen-bond acceptors (Lipinski definition) is 4. The molecule has 0 radical (unpaired) electrons. The van der Waals surface area contributed by atoms with E-state index >= 15 is 0 Å². The predicted octanol–water partition coefficient (Wildman–Crippen LogP) is 4.11. The number of aryl methyl sites for hydroxylation is 1. The van der Waals surface area contributed by atoms with E-state index in [1.54, 1.807) is 30.3 Å². The fraction of sp³-hybridized carbons (Fsp3) is 0.160. The highest BCUT2D eigenvalue weighted by Gasteiger charge is 2.09. The van der Waals surface area contributed by atoms with Crippen LogP contribution in [-0.2, 0) is 22.6 Å². The second-order valence-electron chi connectivity index (χ2n) is 7.03. The number of benzene rings is 3. The Morgan fingerprint density at radius 1 is 0.839 bits per heavy atom. The van der Waals surface area contributed by atoms with Crippen LogP contribution in [0.4, 0.5) is 5.69 Å². The molecule has 0 fully saturated rings. The highest BCUT2D eigenvalue weighted by atomic mass is 16.5. The van der Waals surface area contributed by atoms with Gasteiger partial charge in [0, 0.05) is 31.1 Å². The van der Waals surface area contributed by atoms with E-state index in [1.165, 1.54) is 13.0 Å². The van der Waals surface area contributed by atoms with Gasteiger partial charge in [-0.25, -0.2) is 0 Å². The van der Waals surface area contributed by atoms with Crippen molar-refractivity contribution in [2.75, 3.05) is 5.32 Å². The van der Waals surface area contributed by atoms with Crippen molar-refractivity contribution < 1.29 is 19.1 Å². The second-order valence-corrected chi connectivity index (χ2v) is 7.03. The van der Waals surface area contributed by atoms with E-state index in [4.69, 9.17) is 4.74 Å². The molecule has 0 spiro atoms. The lowest BCUT2D eigenvalue weighted by molar-refractivity contribution is -0.131. The number of carbonyl (C=O) groups excluding carboxylic acids is 3. The Labute approximate surface area is 181 Å². The summed E-state index contributed by atoms with van der Waals surface area (Å²) in [5.41, 5.74) is 3.08. The van der Waals surface area contributed by atoms with Gasteiger partial charge in [0.1, 0.15) is 5.75 Å². The van der Waals surface area contributed by atoms with E-state index in [0.29, 0.717) is 36.4 Å². The first kappa shape index (κ1) is 21.8. The van der Waals surface area contributed by atoms with Crippen molar-refractivity contribution in [1.82, 2.24) is 5.32 Å². The Hall–Kier alpha value is -3.93. The maximum atomic E-state index is 12.4. The molecule has 0 atom stereocenters. The number of amides is 2. The van der Waals surface area contributed by atoms with Gasteiger partial charge in [0.2, 0.25) is 5.91 Å². The van der Waals surface area contributed by atoms with Gasteiger partial charge in [-0.2, -0.15) is 0 Å². The van der Waals surface area contributed by atoms with Gasteiger partial charge in [0.15, 0.2) is 0 Å². The van der Waals surface area contributed by atoms with Crippen LogP contribution in [0.5, 0.6) is 5.75 Å². The Morgan fingerprint density at radius 2 is 1.58 bits per heavy atom. The third kappa shape index (κ3) is 7.12. The van der Waals surface area contributed by atoms with Crippen molar-refractivity contribution in [3.63, 3.8) is 0 Å². The van der Waals surface area contributed by atoms with Crippen molar-refractivity contribution in [3.8, 4) is 5.75 Å². The summed E-state index contributed by atoms with van der Waals surface area (Å²) in [7, 11) is 0. The number of esters is 1. The highest BCUT2D eigenvalue weighted by Crippen LogP contribution is 2.16. The zero-order chi connectivity index (χ0) is 22.1. The van der Waals surface area contributed by atoms with Gasteiger partial charge in [-0.3, -0.25) is 14.4 Å². The first-order valence-electron chi connectivity index (χ1n) is 9.99. The molecule has 31 heavy (non-hydrogen) atoms. The monoisotopic (exact) mass is 416 g/mol. The van der Waals surface area contributed by atoms with Crippen LogP contribution in [0, 0.1) is 0 Å². The number of nitrogens with one attached hydrogen (secondary N) is 2. The fourth-order valence-electron chi connectivity index (χ4n) is 2.97. The molecule has 158 valence electrons. The predicted molar refractivity (Wildman–Crippen MR) is 119 cm³/mol. The molecule has 0 saturated carbocycles. The van der Waals surface area contributed by atoms with Crippen molar-refractivity contribution in [2.45, 2.75) is 26.3 Å². The molecule has 2 amide bonds. The van der Waals surface area contributed by atoms with E-state index < -0.39 is 5.97 Å². The van der Waals surface area contributed by atoms with Gasteiger partial charge in [0.05, 0.1) is 0 Å². The van der Waals surface area contributed by atoms with E-state index in [0.717, 1.165) is 11.1 Å². The summed E-state index contributed by atoms with van der Waals surface area (Å²) in [6.07, 6.45) is 1.14. The van der Waals surface area contributed by atoms with Crippen LogP contribution in [0.15, 0.2) is 78.9 Å². The van der Waals surface area contributed by atoms with E-state index in [9.17, 15) is 14.4 Å². The number of hydrogen-bond donors (Lipinski definition) is 2. The molecule has 3 rings (SSSR count). The Morgan fingerprint density at radius 3 is 2.29 bits per heavy atom. The molecule has 2 N–H and O–H groups in total. The molecule has 6 nitrogen and oxygen atoms in total. The average Bonchev–Trinajstić information content (AvgIpc) is 2.77. The molecule has 3 aromatic rings.